The van der Waals surface area contributed by atoms with Gasteiger partial charge in [0.15, 0.2) is 0 Å². The van der Waals surface area contributed by atoms with E-state index in [2.05, 4.69) is 20.8 Å². The number of benzene rings is 1. The van der Waals surface area contributed by atoms with Gasteiger partial charge in [-0.25, -0.2) is 4.79 Å². The van der Waals surface area contributed by atoms with E-state index < -0.39 is 12.7 Å². The molecule has 0 unspecified atom stereocenters. The van der Waals surface area contributed by atoms with E-state index in [1.54, 1.807) is 0 Å². The van der Waals surface area contributed by atoms with E-state index in [0.717, 1.165) is 36.9 Å². The predicted octanol–water partition coefficient (Wildman–Crippen LogP) is 4.15. The van der Waals surface area contributed by atoms with Crippen LogP contribution in [-0.2, 0) is 14.0 Å². The first kappa shape index (κ1) is 22.9. The molecule has 0 radical (unpaired) electrons. The summed E-state index contributed by atoms with van der Waals surface area (Å²) in [6.45, 7) is 13.0. The maximum absolute atomic E-state index is 12.7. The van der Waals surface area contributed by atoms with Gasteiger partial charge in [0.2, 0.25) is 0 Å². The number of para-hydroxylation sites is 1. The number of piperidine rings is 1. The SMILES string of the molecule is C[C@H]1CC(C)(C)OB(c2ccccc2OC[C@@H]2CCCCN2C(=O)OC(C)(C)C)O1. The molecule has 30 heavy (non-hydrogen) atoms. The lowest BCUT2D eigenvalue weighted by atomic mass is 9.74. The van der Waals surface area contributed by atoms with E-state index in [1.807, 2.05) is 49.9 Å². The van der Waals surface area contributed by atoms with Crippen molar-refractivity contribution >= 4 is 18.7 Å². The fourth-order valence-electron chi connectivity index (χ4n) is 4.18. The third-order valence-electron chi connectivity index (χ3n) is 5.42. The summed E-state index contributed by atoms with van der Waals surface area (Å²) < 4.78 is 24.1. The lowest BCUT2D eigenvalue weighted by molar-refractivity contribution is -0.0233. The van der Waals surface area contributed by atoms with Crippen molar-refractivity contribution < 1.29 is 23.6 Å². The molecule has 7 heteroatoms. The second-order valence-electron chi connectivity index (χ2n) is 10.0. The van der Waals surface area contributed by atoms with Crippen molar-refractivity contribution in [2.75, 3.05) is 13.2 Å². The Bertz CT molecular complexity index is 733. The van der Waals surface area contributed by atoms with Crippen molar-refractivity contribution in [3.05, 3.63) is 24.3 Å². The fraction of sp³-hybridized carbons (Fsp3) is 0.696. The Morgan fingerprint density at radius 1 is 1.27 bits per heavy atom. The number of rotatable bonds is 4. The molecule has 0 saturated carbocycles. The standard InChI is InChI=1S/C23H36BNO5/c1-17-15-23(5,6)30-24(29-17)19-12-7-8-13-20(19)27-16-18-11-9-10-14-25(18)21(26)28-22(2,3)4/h7-8,12-13,17-18H,9-11,14-16H2,1-6H3/t17-,18-/m0/s1. The van der Waals surface area contributed by atoms with Crippen LogP contribution in [-0.4, -0.2) is 54.6 Å². The lowest BCUT2D eigenvalue weighted by Crippen LogP contribution is -2.52. The molecule has 0 aromatic heterocycles. The van der Waals surface area contributed by atoms with Gasteiger partial charge in [0.05, 0.1) is 11.6 Å². The predicted molar refractivity (Wildman–Crippen MR) is 118 cm³/mol. The zero-order valence-electron chi connectivity index (χ0n) is 19.3. The zero-order chi connectivity index (χ0) is 21.9. The first-order chi connectivity index (χ1) is 14.0. The van der Waals surface area contributed by atoms with Crippen molar-refractivity contribution in [2.45, 2.75) is 90.6 Å². The van der Waals surface area contributed by atoms with Crippen LogP contribution >= 0.6 is 0 Å². The van der Waals surface area contributed by atoms with Crippen molar-refractivity contribution in [3.63, 3.8) is 0 Å². The lowest BCUT2D eigenvalue weighted by Gasteiger charge is -2.39. The number of ether oxygens (including phenoxy) is 2. The van der Waals surface area contributed by atoms with Gasteiger partial charge in [-0.05, 0) is 73.3 Å². The van der Waals surface area contributed by atoms with Crippen LogP contribution in [0.25, 0.3) is 0 Å². The van der Waals surface area contributed by atoms with Gasteiger partial charge in [0.1, 0.15) is 18.0 Å². The fourth-order valence-corrected chi connectivity index (χ4v) is 4.18. The number of hydrogen-bond acceptors (Lipinski definition) is 5. The Balaban J connectivity index is 1.70. The summed E-state index contributed by atoms with van der Waals surface area (Å²) >= 11 is 0. The average Bonchev–Trinajstić information content (AvgIpc) is 2.64. The first-order valence-corrected chi connectivity index (χ1v) is 11.1. The van der Waals surface area contributed by atoms with E-state index in [4.69, 9.17) is 18.8 Å². The Morgan fingerprint density at radius 3 is 2.70 bits per heavy atom. The van der Waals surface area contributed by atoms with Crippen molar-refractivity contribution in [2.24, 2.45) is 0 Å². The number of hydrogen-bond donors (Lipinski definition) is 0. The Morgan fingerprint density at radius 2 is 2.00 bits per heavy atom. The molecule has 1 aromatic carbocycles. The largest absolute Gasteiger partial charge is 0.498 e. The van der Waals surface area contributed by atoms with Crippen LogP contribution in [0.5, 0.6) is 5.75 Å². The summed E-state index contributed by atoms with van der Waals surface area (Å²) in [6.07, 6.45) is 3.66. The van der Waals surface area contributed by atoms with Gasteiger partial charge < -0.3 is 23.7 Å². The third kappa shape index (κ3) is 6.14. The molecular formula is C23H36BNO5. The van der Waals surface area contributed by atoms with Crippen molar-refractivity contribution in [1.82, 2.24) is 4.90 Å². The highest BCUT2D eigenvalue weighted by molar-refractivity contribution is 6.62. The molecule has 2 aliphatic heterocycles. The topological polar surface area (TPSA) is 57.2 Å². The summed E-state index contributed by atoms with van der Waals surface area (Å²) in [5.41, 5.74) is 0.120. The minimum absolute atomic E-state index is 0.00906. The quantitative estimate of drug-likeness (QED) is 0.689. The van der Waals surface area contributed by atoms with Gasteiger partial charge in [0.25, 0.3) is 0 Å². The second kappa shape index (κ2) is 9.19. The highest BCUT2D eigenvalue weighted by atomic mass is 16.6. The van der Waals surface area contributed by atoms with Gasteiger partial charge in [-0.15, -0.1) is 0 Å². The molecule has 2 saturated heterocycles. The number of amides is 1. The van der Waals surface area contributed by atoms with Crippen LogP contribution in [0.4, 0.5) is 4.79 Å². The maximum Gasteiger partial charge on any atom is 0.498 e. The van der Waals surface area contributed by atoms with Crippen LogP contribution in [0.15, 0.2) is 24.3 Å². The number of nitrogens with zero attached hydrogens (tertiary/aromatic N) is 1. The Labute approximate surface area is 181 Å². The third-order valence-corrected chi connectivity index (χ3v) is 5.42. The molecule has 3 rings (SSSR count). The summed E-state index contributed by atoms with van der Waals surface area (Å²) in [7, 11) is -0.465. The number of carbonyl (C=O) groups is 1. The van der Waals surface area contributed by atoms with Crippen molar-refractivity contribution in [3.8, 4) is 5.75 Å². The summed E-state index contributed by atoms with van der Waals surface area (Å²) in [4.78, 5) is 14.5. The first-order valence-electron chi connectivity index (χ1n) is 11.1. The van der Waals surface area contributed by atoms with E-state index in [9.17, 15) is 4.79 Å². The maximum atomic E-state index is 12.7. The summed E-state index contributed by atoms with van der Waals surface area (Å²) in [6, 6.07) is 7.83. The van der Waals surface area contributed by atoms with Gasteiger partial charge in [-0.2, -0.15) is 0 Å². The molecule has 0 N–H and O–H groups in total. The minimum Gasteiger partial charge on any atom is -0.492 e. The molecule has 1 amide bonds. The average molecular weight is 417 g/mol. The van der Waals surface area contributed by atoms with Crippen LogP contribution in [0, 0.1) is 0 Å². The number of carbonyl (C=O) groups excluding carboxylic acids is 1. The molecule has 166 valence electrons. The Hall–Kier alpha value is -1.73. The highest BCUT2D eigenvalue weighted by Gasteiger charge is 2.40. The summed E-state index contributed by atoms with van der Waals surface area (Å²) in [5, 5.41) is 0. The zero-order valence-corrected chi connectivity index (χ0v) is 19.3. The van der Waals surface area contributed by atoms with Gasteiger partial charge in [0, 0.05) is 18.1 Å². The molecular weight excluding hydrogens is 381 g/mol. The van der Waals surface area contributed by atoms with Gasteiger partial charge in [-0.3, -0.25) is 0 Å². The molecule has 2 aliphatic rings. The molecule has 0 bridgehead atoms. The molecule has 6 nitrogen and oxygen atoms in total. The molecule has 2 fully saturated rings. The summed E-state index contributed by atoms with van der Waals surface area (Å²) in [5.74, 6) is 0.738. The molecule has 1 aromatic rings. The Kier molecular flexibility index (Phi) is 7.03. The van der Waals surface area contributed by atoms with Crippen LogP contribution in [0.3, 0.4) is 0 Å². The van der Waals surface area contributed by atoms with Crippen LogP contribution < -0.4 is 10.2 Å². The van der Waals surface area contributed by atoms with Crippen LogP contribution in [0.2, 0.25) is 0 Å². The molecule has 0 spiro atoms. The smallest absolute Gasteiger partial charge is 0.492 e. The number of likely N-dealkylation sites (tertiary alicyclic amines) is 1. The van der Waals surface area contributed by atoms with E-state index in [-0.39, 0.29) is 23.8 Å². The normalized spacial score (nSPS) is 24.5. The molecule has 2 atom stereocenters. The minimum atomic E-state index is -0.508. The molecule has 0 aliphatic carbocycles. The highest BCUT2D eigenvalue weighted by Crippen LogP contribution is 2.27. The molecule has 2 heterocycles. The second-order valence-corrected chi connectivity index (χ2v) is 10.0. The van der Waals surface area contributed by atoms with Crippen molar-refractivity contribution in [1.29, 1.82) is 0 Å². The van der Waals surface area contributed by atoms with Crippen LogP contribution in [0.1, 0.15) is 67.2 Å². The van der Waals surface area contributed by atoms with E-state index in [1.165, 1.54) is 0 Å². The van der Waals surface area contributed by atoms with E-state index >= 15 is 0 Å². The monoisotopic (exact) mass is 417 g/mol. The van der Waals surface area contributed by atoms with Gasteiger partial charge in [-0.1, -0.05) is 18.2 Å². The van der Waals surface area contributed by atoms with E-state index in [0.29, 0.717) is 13.2 Å². The van der Waals surface area contributed by atoms with Gasteiger partial charge >= 0.3 is 13.2 Å².